The van der Waals surface area contributed by atoms with Crippen LogP contribution in [0.15, 0.2) is 24.3 Å². The maximum absolute atomic E-state index is 13.0. The molecule has 4 aliphatic carbocycles. The van der Waals surface area contributed by atoms with Gasteiger partial charge >= 0.3 is 12.2 Å². The Morgan fingerprint density at radius 2 is 1.51 bits per heavy atom. The minimum atomic E-state index is -4.54. The standard InChI is InChI=1S/C16H21F3N2O2.C8H12N2.C8H17NO/c1-10(2)14(9-22)21(11-7-8-11)15(23)20-13-6-4-3-5-12(13)16(17,18)19;9-5-8(6-1-2-6)10-7-3-4-7;1-6(2)8(5-10)9-7-3-4-7/h3-6,10-11,14,22H,7-9H2,1-2H3,(H,20,23);6-8,10H,1-4H2;6-10H,3-5H2,1-2H3. The molecule has 0 bridgehead atoms. The molecule has 242 valence electrons. The summed E-state index contributed by atoms with van der Waals surface area (Å²) >= 11 is 0. The highest BCUT2D eigenvalue weighted by Crippen LogP contribution is 2.36. The molecule has 4 aliphatic rings. The van der Waals surface area contributed by atoms with Crippen LogP contribution in [0.5, 0.6) is 0 Å². The molecule has 43 heavy (non-hydrogen) atoms. The maximum Gasteiger partial charge on any atom is 0.418 e. The third-order valence-electron chi connectivity index (χ3n) is 8.22. The number of aliphatic hydroxyl groups is 2. The third-order valence-corrected chi connectivity index (χ3v) is 8.22. The number of para-hydroxylation sites is 1. The van der Waals surface area contributed by atoms with Gasteiger partial charge in [0.15, 0.2) is 0 Å². The fourth-order valence-corrected chi connectivity index (χ4v) is 4.80. The van der Waals surface area contributed by atoms with Crippen molar-refractivity contribution in [3.8, 4) is 6.07 Å². The summed E-state index contributed by atoms with van der Waals surface area (Å²) in [5.41, 5.74) is -1.15. The molecule has 0 aliphatic heterocycles. The first-order chi connectivity index (χ1) is 20.4. The lowest BCUT2D eigenvalue weighted by atomic mass is 10.0. The fourth-order valence-electron chi connectivity index (χ4n) is 4.80. The van der Waals surface area contributed by atoms with Crippen molar-refractivity contribution < 1.29 is 28.2 Å². The van der Waals surface area contributed by atoms with Crippen LogP contribution in [0.3, 0.4) is 0 Å². The number of aliphatic hydroxyl groups excluding tert-OH is 2. The number of nitrogens with one attached hydrogen (secondary N) is 3. The number of hydrogen-bond acceptors (Lipinski definition) is 6. The van der Waals surface area contributed by atoms with E-state index < -0.39 is 23.8 Å². The van der Waals surface area contributed by atoms with E-state index in [0.717, 1.165) is 18.9 Å². The van der Waals surface area contributed by atoms with Gasteiger partial charge in [0.25, 0.3) is 0 Å². The van der Waals surface area contributed by atoms with Crippen LogP contribution in [0, 0.1) is 29.1 Å². The Morgan fingerprint density at radius 3 is 1.93 bits per heavy atom. The van der Waals surface area contributed by atoms with E-state index >= 15 is 0 Å². The van der Waals surface area contributed by atoms with Crippen molar-refractivity contribution >= 4 is 11.7 Å². The Kier molecular flexibility index (Phi) is 13.1. The van der Waals surface area contributed by atoms with E-state index in [-0.39, 0.29) is 36.9 Å². The van der Waals surface area contributed by atoms with E-state index in [1.807, 2.05) is 13.8 Å². The number of benzene rings is 1. The van der Waals surface area contributed by atoms with Crippen LogP contribution < -0.4 is 16.0 Å². The number of urea groups is 1. The van der Waals surface area contributed by atoms with Crippen LogP contribution in [0.25, 0.3) is 0 Å². The summed E-state index contributed by atoms with van der Waals surface area (Å²) in [6, 6.07) is 8.05. The number of alkyl halides is 3. The Morgan fingerprint density at radius 1 is 0.930 bits per heavy atom. The maximum atomic E-state index is 13.0. The fraction of sp³-hybridized carbons (Fsp3) is 0.750. The topological polar surface area (TPSA) is 121 Å². The highest BCUT2D eigenvalue weighted by Gasteiger charge is 2.40. The van der Waals surface area contributed by atoms with Gasteiger partial charge in [-0.3, -0.25) is 5.32 Å². The van der Waals surface area contributed by atoms with Crippen molar-refractivity contribution in [2.24, 2.45) is 17.8 Å². The molecular weight excluding hydrogens is 559 g/mol. The summed E-state index contributed by atoms with van der Waals surface area (Å²) in [5.74, 6) is 1.24. The first-order valence-corrected chi connectivity index (χ1v) is 15.8. The summed E-state index contributed by atoms with van der Waals surface area (Å²) in [5, 5.41) is 36.2. The van der Waals surface area contributed by atoms with Crippen LogP contribution >= 0.6 is 0 Å². The quantitative estimate of drug-likeness (QED) is 0.213. The molecule has 5 N–H and O–H groups in total. The minimum Gasteiger partial charge on any atom is -0.395 e. The number of carbonyl (C=O) groups is 1. The molecule has 5 rings (SSSR count). The predicted octanol–water partition coefficient (Wildman–Crippen LogP) is 5.51. The largest absolute Gasteiger partial charge is 0.418 e. The normalized spacial score (nSPS) is 20.1. The highest BCUT2D eigenvalue weighted by atomic mass is 19.4. The third kappa shape index (κ3) is 11.9. The SMILES string of the molecule is CC(C)C(CO)N(C(=O)Nc1ccccc1C(F)(F)F)C1CC1.CC(C)C(CO)NC1CC1.N#CC(NC1CC1)C1CC1. The zero-order chi connectivity index (χ0) is 31.7. The van der Waals surface area contributed by atoms with Crippen LogP contribution in [0.4, 0.5) is 23.7 Å². The Hall–Kier alpha value is -2.39. The van der Waals surface area contributed by atoms with Gasteiger partial charge in [0, 0.05) is 24.2 Å². The molecule has 1 aromatic rings. The summed E-state index contributed by atoms with van der Waals surface area (Å²) < 4.78 is 39.1. The Balaban J connectivity index is 0.000000207. The molecular formula is C32H50F3N5O3. The average molecular weight is 610 g/mol. The zero-order valence-electron chi connectivity index (χ0n) is 25.9. The van der Waals surface area contributed by atoms with Crippen LogP contribution in [0.2, 0.25) is 0 Å². The summed E-state index contributed by atoms with van der Waals surface area (Å²) in [4.78, 5) is 14.0. The molecule has 0 radical (unpaired) electrons. The van der Waals surface area contributed by atoms with Gasteiger partial charge in [-0.1, -0.05) is 39.8 Å². The molecule has 2 amide bonds. The van der Waals surface area contributed by atoms with Crippen molar-refractivity contribution in [1.82, 2.24) is 15.5 Å². The number of anilines is 1. The van der Waals surface area contributed by atoms with Crippen LogP contribution in [-0.2, 0) is 6.18 Å². The van der Waals surface area contributed by atoms with E-state index in [1.165, 1.54) is 61.6 Å². The van der Waals surface area contributed by atoms with E-state index in [9.17, 15) is 23.1 Å². The number of carbonyl (C=O) groups excluding carboxylic acids is 1. The Bertz CT molecular complexity index is 1050. The van der Waals surface area contributed by atoms with E-state index in [0.29, 0.717) is 30.0 Å². The predicted molar refractivity (Wildman–Crippen MR) is 161 cm³/mol. The van der Waals surface area contributed by atoms with Gasteiger partial charge < -0.3 is 25.7 Å². The van der Waals surface area contributed by atoms with Gasteiger partial charge in [-0.2, -0.15) is 18.4 Å². The second kappa shape index (κ2) is 16.1. The summed E-state index contributed by atoms with van der Waals surface area (Å²) in [6.45, 7) is 8.06. The number of hydrogen-bond donors (Lipinski definition) is 5. The van der Waals surface area contributed by atoms with Crippen molar-refractivity contribution in [3.05, 3.63) is 29.8 Å². The summed E-state index contributed by atoms with van der Waals surface area (Å²) in [7, 11) is 0. The molecule has 4 fully saturated rings. The molecule has 0 aromatic heterocycles. The number of halogens is 3. The smallest absolute Gasteiger partial charge is 0.395 e. The first-order valence-electron chi connectivity index (χ1n) is 15.8. The lowest BCUT2D eigenvalue weighted by Crippen LogP contribution is -2.48. The first kappa shape index (κ1) is 35.1. The molecule has 0 spiro atoms. The molecule has 0 heterocycles. The number of rotatable bonds is 12. The van der Waals surface area contributed by atoms with Crippen molar-refractivity contribution in [2.45, 2.75) is 121 Å². The van der Waals surface area contributed by atoms with Crippen molar-refractivity contribution in [1.29, 1.82) is 5.26 Å². The van der Waals surface area contributed by atoms with Gasteiger partial charge in [-0.25, -0.2) is 4.79 Å². The monoisotopic (exact) mass is 609 g/mol. The van der Waals surface area contributed by atoms with Crippen LogP contribution in [0.1, 0.15) is 84.6 Å². The van der Waals surface area contributed by atoms with Gasteiger partial charge in [0.05, 0.1) is 42.6 Å². The molecule has 1 aromatic carbocycles. The number of amides is 2. The minimum absolute atomic E-state index is 0.00390. The average Bonchev–Trinajstić information content (AvgIpc) is 3.77. The number of nitrogens with zero attached hydrogens (tertiary/aromatic N) is 2. The lowest BCUT2D eigenvalue weighted by molar-refractivity contribution is -0.136. The van der Waals surface area contributed by atoms with Gasteiger partial charge in [-0.05, 0) is 81.3 Å². The van der Waals surface area contributed by atoms with E-state index in [1.54, 1.807) is 0 Å². The highest BCUT2D eigenvalue weighted by molar-refractivity contribution is 5.91. The zero-order valence-corrected chi connectivity index (χ0v) is 25.9. The number of nitriles is 1. The molecule has 0 saturated heterocycles. The van der Waals surface area contributed by atoms with Crippen molar-refractivity contribution in [2.75, 3.05) is 18.5 Å². The van der Waals surface area contributed by atoms with E-state index in [2.05, 4.69) is 35.9 Å². The lowest BCUT2D eigenvalue weighted by Gasteiger charge is -2.33. The van der Waals surface area contributed by atoms with Gasteiger partial charge in [0.2, 0.25) is 0 Å². The second-order valence-electron chi connectivity index (χ2n) is 13.0. The van der Waals surface area contributed by atoms with Gasteiger partial charge in [-0.15, -0.1) is 0 Å². The van der Waals surface area contributed by atoms with Crippen LogP contribution in [-0.4, -0.2) is 70.6 Å². The second-order valence-corrected chi connectivity index (χ2v) is 13.0. The molecule has 3 unspecified atom stereocenters. The van der Waals surface area contributed by atoms with Crippen molar-refractivity contribution in [3.63, 3.8) is 0 Å². The van der Waals surface area contributed by atoms with E-state index in [4.69, 9.17) is 10.4 Å². The summed E-state index contributed by atoms with van der Waals surface area (Å²) in [6.07, 6.45) is 4.75. The molecule has 11 heteroatoms. The van der Waals surface area contributed by atoms with Gasteiger partial charge in [0.1, 0.15) is 0 Å². The molecule has 8 nitrogen and oxygen atoms in total. The Labute approximate surface area is 254 Å². The molecule has 3 atom stereocenters. The molecule has 4 saturated carbocycles.